The Bertz CT molecular complexity index is 630. The summed E-state index contributed by atoms with van der Waals surface area (Å²) in [5.74, 6) is 0. The molecule has 4 heteroatoms. The number of hydrogen-bond acceptors (Lipinski definition) is 3. The molecule has 1 saturated heterocycles. The number of nitrogens with zero attached hydrogens (tertiary/aromatic N) is 3. The molecule has 0 aliphatic carbocycles. The maximum absolute atomic E-state index is 11.6. The van der Waals surface area contributed by atoms with E-state index < -0.39 is 0 Å². The van der Waals surface area contributed by atoms with E-state index in [2.05, 4.69) is 40.1 Å². The summed E-state index contributed by atoms with van der Waals surface area (Å²) < 4.78 is 1.79. The van der Waals surface area contributed by atoms with E-state index in [9.17, 15) is 4.79 Å². The molecule has 1 aromatic carbocycles. The molecule has 1 aromatic heterocycles. The van der Waals surface area contributed by atoms with Crippen LogP contribution in [0.1, 0.15) is 6.42 Å². The van der Waals surface area contributed by atoms with Crippen LogP contribution in [0.25, 0.3) is 0 Å². The summed E-state index contributed by atoms with van der Waals surface area (Å²) in [6, 6.07) is 15.9. The topological polar surface area (TPSA) is 28.5 Å². The lowest BCUT2D eigenvalue weighted by Gasteiger charge is -2.36. The first kappa shape index (κ1) is 14.9. The minimum Gasteiger partial charge on any atom is -0.369 e. The van der Waals surface area contributed by atoms with Gasteiger partial charge in [0.15, 0.2) is 0 Å². The third-order valence-corrected chi connectivity index (χ3v) is 4.27. The minimum absolute atomic E-state index is 0.0939. The summed E-state index contributed by atoms with van der Waals surface area (Å²) in [6.07, 6.45) is 2.89. The molecule has 0 spiro atoms. The second-order valence-electron chi connectivity index (χ2n) is 5.75. The fraction of sp³-hybridized carbons (Fsp3) is 0.389. The zero-order valence-electron chi connectivity index (χ0n) is 12.9. The van der Waals surface area contributed by atoms with Crippen molar-refractivity contribution in [2.24, 2.45) is 0 Å². The fourth-order valence-electron chi connectivity index (χ4n) is 2.98. The molecule has 1 aliphatic rings. The van der Waals surface area contributed by atoms with Gasteiger partial charge in [0.25, 0.3) is 0 Å². The van der Waals surface area contributed by atoms with Crippen LogP contribution in [0.5, 0.6) is 0 Å². The van der Waals surface area contributed by atoms with Crippen molar-refractivity contribution in [3.8, 4) is 0 Å². The molecule has 1 aliphatic heterocycles. The van der Waals surface area contributed by atoms with Gasteiger partial charge in [0.05, 0.1) is 0 Å². The SMILES string of the molecule is O=c1ccccn1CCCN1CCN(c2ccccc2)CC1. The Hall–Kier alpha value is -2.07. The van der Waals surface area contributed by atoms with Crippen molar-refractivity contribution in [1.29, 1.82) is 0 Å². The number of anilines is 1. The van der Waals surface area contributed by atoms with Crippen molar-refractivity contribution < 1.29 is 0 Å². The normalized spacial score (nSPS) is 15.9. The lowest BCUT2D eigenvalue weighted by molar-refractivity contribution is 0.250. The molecule has 0 N–H and O–H groups in total. The minimum atomic E-state index is 0.0939. The zero-order valence-corrected chi connectivity index (χ0v) is 12.9. The predicted octanol–water partition coefficient (Wildman–Crippen LogP) is 2.06. The van der Waals surface area contributed by atoms with Gasteiger partial charge >= 0.3 is 0 Å². The van der Waals surface area contributed by atoms with Gasteiger partial charge in [0, 0.05) is 50.7 Å². The maximum Gasteiger partial charge on any atom is 0.250 e. The molecule has 0 atom stereocenters. The van der Waals surface area contributed by atoms with E-state index in [0.29, 0.717) is 0 Å². The molecular formula is C18H23N3O. The molecule has 0 saturated carbocycles. The average Bonchev–Trinajstić information content (AvgIpc) is 2.58. The highest BCUT2D eigenvalue weighted by Gasteiger charge is 2.16. The molecule has 22 heavy (non-hydrogen) atoms. The standard InChI is InChI=1S/C18H23N3O/c22-18-9-4-5-11-21(18)12-6-10-19-13-15-20(16-14-19)17-7-2-1-3-8-17/h1-5,7-9,11H,6,10,12-16H2. The van der Waals surface area contributed by atoms with Gasteiger partial charge in [-0.25, -0.2) is 0 Å². The van der Waals surface area contributed by atoms with E-state index in [1.54, 1.807) is 16.7 Å². The van der Waals surface area contributed by atoms with Gasteiger partial charge in [0.1, 0.15) is 0 Å². The summed E-state index contributed by atoms with van der Waals surface area (Å²) >= 11 is 0. The van der Waals surface area contributed by atoms with Gasteiger partial charge in [-0.15, -0.1) is 0 Å². The van der Waals surface area contributed by atoms with Crippen LogP contribution in [0.3, 0.4) is 0 Å². The highest BCUT2D eigenvalue weighted by Crippen LogP contribution is 2.15. The molecule has 0 unspecified atom stereocenters. The van der Waals surface area contributed by atoms with Crippen LogP contribution in [-0.2, 0) is 6.54 Å². The van der Waals surface area contributed by atoms with Crippen molar-refractivity contribution in [3.63, 3.8) is 0 Å². The van der Waals surface area contributed by atoms with E-state index >= 15 is 0 Å². The summed E-state index contributed by atoms with van der Waals surface area (Å²) in [4.78, 5) is 16.6. The van der Waals surface area contributed by atoms with Crippen LogP contribution in [0.4, 0.5) is 5.69 Å². The van der Waals surface area contributed by atoms with Gasteiger partial charge in [-0.1, -0.05) is 24.3 Å². The van der Waals surface area contributed by atoms with E-state index in [1.807, 2.05) is 12.3 Å². The number of para-hydroxylation sites is 1. The second kappa shape index (κ2) is 7.27. The molecular weight excluding hydrogens is 274 g/mol. The first-order valence-corrected chi connectivity index (χ1v) is 8.01. The molecule has 0 amide bonds. The van der Waals surface area contributed by atoms with Crippen LogP contribution >= 0.6 is 0 Å². The largest absolute Gasteiger partial charge is 0.369 e. The van der Waals surface area contributed by atoms with Gasteiger partial charge in [-0.3, -0.25) is 9.69 Å². The maximum atomic E-state index is 11.6. The molecule has 2 aromatic rings. The number of aromatic nitrogens is 1. The quantitative estimate of drug-likeness (QED) is 0.846. The van der Waals surface area contributed by atoms with E-state index in [0.717, 1.165) is 45.7 Å². The molecule has 2 heterocycles. The third-order valence-electron chi connectivity index (χ3n) is 4.27. The fourth-order valence-corrected chi connectivity index (χ4v) is 2.98. The smallest absolute Gasteiger partial charge is 0.250 e. The predicted molar refractivity (Wildman–Crippen MR) is 90.4 cm³/mol. The van der Waals surface area contributed by atoms with Crippen molar-refractivity contribution >= 4 is 5.69 Å². The van der Waals surface area contributed by atoms with Crippen LogP contribution < -0.4 is 10.5 Å². The molecule has 4 nitrogen and oxygen atoms in total. The van der Waals surface area contributed by atoms with Crippen LogP contribution in [0, 0.1) is 0 Å². The highest BCUT2D eigenvalue weighted by atomic mass is 16.1. The Labute approximate surface area is 131 Å². The van der Waals surface area contributed by atoms with Gasteiger partial charge < -0.3 is 9.47 Å². The van der Waals surface area contributed by atoms with E-state index in [-0.39, 0.29) is 5.56 Å². The van der Waals surface area contributed by atoms with Gasteiger partial charge in [-0.05, 0) is 31.2 Å². The highest BCUT2D eigenvalue weighted by molar-refractivity contribution is 5.46. The van der Waals surface area contributed by atoms with Crippen molar-refractivity contribution in [2.45, 2.75) is 13.0 Å². The Morgan fingerprint density at radius 3 is 2.27 bits per heavy atom. The van der Waals surface area contributed by atoms with E-state index in [4.69, 9.17) is 0 Å². The Kier molecular flexibility index (Phi) is 4.91. The molecule has 1 fully saturated rings. The zero-order chi connectivity index (χ0) is 15.2. The Morgan fingerprint density at radius 2 is 1.55 bits per heavy atom. The number of aryl methyl sites for hydroxylation is 1. The first-order chi connectivity index (χ1) is 10.8. The molecule has 116 valence electrons. The lowest BCUT2D eigenvalue weighted by Crippen LogP contribution is -2.46. The summed E-state index contributed by atoms with van der Waals surface area (Å²) in [7, 11) is 0. The first-order valence-electron chi connectivity index (χ1n) is 8.01. The molecule has 3 rings (SSSR count). The monoisotopic (exact) mass is 297 g/mol. The van der Waals surface area contributed by atoms with Crippen LogP contribution in [0.2, 0.25) is 0 Å². The van der Waals surface area contributed by atoms with Crippen molar-refractivity contribution in [2.75, 3.05) is 37.6 Å². The third kappa shape index (κ3) is 3.77. The van der Waals surface area contributed by atoms with Crippen molar-refractivity contribution in [3.05, 3.63) is 65.1 Å². The molecule has 0 radical (unpaired) electrons. The Balaban J connectivity index is 1.43. The molecule has 0 bridgehead atoms. The van der Waals surface area contributed by atoms with Crippen LogP contribution in [-0.4, -0.2) is 42.2 Å². The van der Waals surface area contributed by atoms with Crippen LogP contribution in [0.15, 0.2) is 59.5 Å². The van der Waals surface area contributed by atoms with Gasteiger partial charge in [-0.2, -0.15) is 0 Å². The summed E-state index contributed by atoms with van der Waals surface area (Å²) in [5.41, 5.74) is 1.41. The van der Waals surface area contributed by atoms with E-state index in [1.165, 1.54) is 5.69 Å². The second-order valence-corrected chi connectivity index (χ2v) is 5.75. The summed E-state index contributed by atoms with van der Waals surface area (Å²) in [6.45, 7) is 6.21. The number of hydrogen-bond donors (Lipinski definition) is 0. The average molecular weight is 297 g/mol. The number of rotatable bonds is 5. The van der Waals surface area contributed by atoms with Crippen molar-refractivity contribution in [1.82, 2.24) is 9.47 Å². The summed E-state index contributed by atoms with van der Waals surface area (Å²) in [5, 5.41) is 0. The number of pyridine rings is 1. The number of piperazine rings is 1. The van der Waals surface area contributed by atoms with Gasteiger partial charge in [0.2, 0.25) is 5.56 Å². The number of benzene rings is 1. The lowest BCUT2D eigenvalue weighted by atomic mass is 10.2. The Morgan fingerprint density at radius 1 is 0.818 bits per heavy atom.